The molecule has 1 atom stereocenters. The van der Waals surface area contributed by atoms with E-state index in [1.54, 1.807) is 6.92 Å². The molecule has 1 fully saturated rings. The van der Waals surface area contributed by atoms with Crippen molar-refractivity contribution < 1.29 is 19.1 Å². The van der Waals surface area contributed by atoms with Crippen molar-refractivity contribution in [3.05, 3.63) is 23.8 Å². The summed E-state index contributed by atoms with van der Waals surface area (Å²) in [5.74, 6) is -1.70. The molecule has 0 spiro atoms. The number of hydrogen-bond acceptors (Lipinski definition) is 6. The van der Waals surface area contributed by atoms with Gasteiger partial charge in [0.05, 0.1) is 11.9 Å². The molecule has 2 rings (SSSR count). The summed E-state index contributed by atoms with van der Waals surface area (Å²) in [6.45, 7) is 1.73. The molecule has 1 aromatic rings. The van der Waals surface area contributed by atoms with Crippen molar-refractivity contribution in [3.8, 4) is 0 Å². The zero-order valence-electron chi connectivity index (χ0n) is 12.3. The van der Waals surface area contributed by atoms with Crippen molar-refractivity contribution in [1.29, 1.82) is 0 Å². The minimum absolute atomic E-state index is 0.0310. The van der Waals surface area contributed by atoms with Gasteiger partial charge in [-0.05, 0) is 26.2 Å². The summed E-state index contributed by atoms with van der Waals surface area (Å²) in [7, 11) is 0. The van der Waals surface area contributed by atoms with E-state index in [-0.39, 0.29) is 5.69 Å². The molecule has 0 saturated carbocycles. The topological polar surface area (TPSA) is 115 Å². The second-order valence-corrected chi connectivity index (χ2v) is 5.12. The van der Waals surface area contributed by atoms with Crippen LogP contribution < -0.4 is 5.73 Å². The lowest BCUT2D eigenvalue weighted by atomic mass is 10.0. The molecular formula is C14H18N4O4. The molecule has 2 amide bonds. The van der Waals surface area contributed by atoms with Gasteiger partial charge in [0.25, 0.3) is 5.91 Å². The molecule has 118 valence electrons. The van der Waals surface area contributed by atoms with E-state index in [0.29, 0.717) is 18.7 Å². The smallest absolute Gasteiger partial charge is 0.359 e. The van der Waals surface area contributed by atoms with Gasteiger partial charge in [-0.15, -0.1) is 0 Å². The number of primary amides is 1. The highest BCUT2D eigenvalue weighted by atomic mass is 16.5. The van der Waals surface area contributed by atoms with Gasteiger partial charge in [-0.3, -0.25) is 14.6 Å². The Morgan fingerprint density at radius 3 is 2.73 bits per heavy atom. The third-order valence-electron chi connectivity index (χ3n) is 3.47. The van der Waals surface area contributed by atoms with Crippen molar-refractivity contribution in [2.24, 2.45) is 5.73 Å². The van der Waals surface area contributed by atoms with Gasteiger partial charge in [0.15, 0.2) is 12.3 Å². The Labute approximate surface area is 127 Å². The summed E-state index contributed by atoms with van der Waals surface area (Å²) < 4.78 is 4.93. The molecule has 1 saturated heterocycles. The molecule has 1 aromatic heterocycles. The second kappa shape index (κ2) is 6.97. The number of piperidine rings is 1. The third-order valence-corrected chi connectivity index (χ3v) is 3.47. The number of amides is 2. The van der Waals surface area contributed by atoms with Crippen LogP contribution >= 0.6 is 0 Å². The van der Waals surface area contributed by atoms with Crippen molar-refractivity contribution in [2.45, 2.75) is 32.2 Å². The van der Waals surface area contributed by atoms with Crippen LogP contribution in [0.4, 0.5) is 0 Å². The van der Waals surface area contributed by atoms with Crippen molar-refractivity contribution >= 4 is 17.8 Å². The van der Waals surface area contributed by atoms with Gasteiger partial charge >= 0.3 is 5.97 Å². The predicted molar refractivity (Wildman–Crippen MR) is 75.6 cm³/mol. The first-order chi connectivity index (χ1) is 10.5. The summed E-state index contributed by atoms with van der Waals surface area (Å²) in [6.07, 6.45) is 4.91. The van der Waals surface area contributed by atoms with E-state index in [9.17, 15) is 14.4 Å². The van der Waals surface area contributed by atoms with Crippen LogP contribution in [0, 0.1) is 6.92 Å². The van der Waals surface area contributed by atoms with E-state index < -0.39 is 30.4 Å². The summed E-state index contributed by atoms with van der Waals surface area (Å²) >= 11 is 0. The van der Waals surface area contributed by atoms with Crippen LogP contribution in [-0.2, 0) is 14.3 Å². The molecule has 8 heteroatoms. The largest absolute Gasteiger partial charge is 0.451 e. The molecular weight excluding hydrogens is 288 g/mol. The Morgan fingerprint density at radius 1 is 1.32 bits per heavy atom. The maximum atomic E-state index is 12.1. The number of esters is 1. The fourth-order valence-corrected chi connectivity index (χ4v) is 2.31. The molecule has 0 unspecified atom stereocenters. The molecule has 0 bridgehead atoms. The van der Waals surface area contributed by atoms with Crippen LogP contribution in [0.3, 0.4) is 0 Å². The van der Waals surface area contributed by atoms with Crippen LogP contribution in [0.25, 0.3) is 0 Å². The number of carbonyl (C=O) groups is 3. The lowest BCUT2D eigenvalue weighted by molar-refractivity contribution is -0.143. The summed E-state index contributed by atoms with van der Waals surface area (Å²) in [4.78, 5) is 44.4. The maximum absolute atomic E-state index is 12.1. The van der Waals surface area contributed by atoms with Gasteiger partial charge in [0.2, 0.25) is 5.91 Å². The number of rotatable bonds is 4. The number of aryl methyl sites for hydroxylation is 1. The first kappa shape index (κ1) is 15.9. The molecule has 2 heterocycles. The molecule has 0 aliphatic carbocycles. The Kier molecular flexibility index (Phi) is 5.03. The predicted octanol–water partition coefficient (Wildman–Crippen LogP) is -0.192. The molecule has 1 aliphatic heterocycles. The standard InChI is InChI=1S/C14H18N4O4/c1-9-6-17-10(7-16-9)14(21)22-8-12(19)18-5-3-2-4-11(18)13(15)20/h6-7,11H,2-5,8H2,1H3,(H2,15,20)/t11-/m0/s1. The first-order valence-corrected chi connectivity index (χ1v) is 7.03. The van der Waals surface area contributed by atoms with Gasteiger partial charge in [0, 0.05) is 12.7 Å². The molecule has 22 heavy (non-hydrogen) atoms. The van der Waals surface area contributed by atoms with E-state index in [1.807, 2.05) is 0 Å². The van der Waals surface area contributed by atoms with Crippen LogP contribution in [0.1, 0.15) is 35.4 Å². The van der Waals surface area contributed by atoms with Gasteiger partial charge < -0.3 is 15.4 Å². The minimum atomic E-state index is -0.728. The average molecular weight is 306 g/mol. The SMILES string of the molecule is Cc1cnc(C(=O)OCC(=O)N2CCCC[C@H]2C(N)=O)cn1. The first-order valence-electron chi connectivity index (χ1n) is 7.03. The average Bonchev–Trinajstić information content (AvgIpc) is 2.53. The molecule has 0 radical (unpaired) electrons. The minimum Gasteiger partial charge on any atom is -0.451 e. The van der Waals surface area contributed by atoms with Crippen LogP contribution in [0.2, 0.25) is 0 Å². The summed E-state index contributed by atoms with van der Waals surface area (Å²) in [6, 6.07) is -0.626. The second-order valence-electron chi connectivity index (χ2n) is 5.12. The molecule has 2 N–H and O–H groups in total. The number of hydrogen-bond donors (Lipinski definition) is 1. The van der Waals surface area contributed by atoms with Gasteiger partial charge in [-0.1, -0.05) is 0 Å². The number of aromatic nitrogens is 2. The maximum Gasteiger partial charge on any atom is 0.359 e. The van der Waals surface area contributed by atoms with Crippen molar-refractivity contribution in [1.82, 2.24) is 14.9 Å². The van der Waals surface area contributed by atoms with E-state index in [0.717, 1.165) is 12.8 Å². The zero-order chi connectivity index (χ0) is 16.1. The van der Waals surface area contributed by atoms with E-state index in [4.69, 9.17) is 10.5 Å². The summed E-state index contributed by atoms with van der Waals surface area (Å²) in [5.41, 5.74) is 6.00. The molecule has 8 nitrogen and oxygen atoms in total. The van der Waals surface area contributed by atoms with Gasteiger partial charge in [-0.2, -0.15) is 0 Å². The van der Waals surface area contributed by atoms with Gasteiger partial charge in [0.1, 0.15) is 6.04 Å². The fourth-order valence-electron chi connectivity index (χ4n) is 2.31. The molecule has 1 aliphatic rings. The fraction of sp³-hybridized carbons (Fsp3) is 0.500. The third kappa shape index (κ3) is 3.78. The highest BCUT2D eigenvalue weighted by molar-refractivity contribution is 5.91. The molecule has 0 aromatic carbocycles. The Hall–Kier alpha value is -2.51. The van der Waals surface area contributed by atoms with Crippen molar-refractivity contribution in [2.75, 3.05) is 13.2 Å². The van der Waals surface area contributed by atoms with Crippen LogP contribution in [0.15, 0.2) is 12.4 Å². The Morgan fingerprint density at radius 2 is 2.09 bits per heavy atom. The number of carbonyl (C=O) groups excluding carboxylic acids is 3. The number of ether oxygens (including phenoxy) is 1. The van der Waals surface area contributed by atoms with E-state index >= 15 is 0 Å². The number of likely N-dealkylation sites (tertiary alicyclic amines) is 1. The monoisotopic (exact) mass is 306 g/mol. The van der Waals surface area contributed by atoms with Gasteiger partial charge in [-0.25, -0.2) is 9.78 Å². The van der Waals surface area contributed by atoms with E-state index in [1.165, 1.54) is 17.3 Å². The Bertz CT molecular complexity index is 573. The van der Waals surface area contributed by atoms with Crippen molar-refractivity contribution in [3.63, 3.8) is 0 Å². The number of nitrogens with zero attached hydrogens (tertiary/aromatic N) is 3. The lowest BCUT2D eigenvalue weighted by Gasteiger charge is -2.33. The van der Waals surface area contributed by atoms with E-state index in [2.05, 4.69) is 9.97 Å². The summed E-state index contributed by atoms with van der Waals surface area (Å²) in [5, 5.41) is 0. The lowest BCUT2D eigenvalue weighted by Crippen LogP contribution is -2.51. The highest BCUT2D eigenvalue weighted by Crippen LogP contribution is 2.17. The zero-order valence-corrected chi connectivity index (χ0v) is 12.3. The van der Waals surface area contributed by atoms with Crippen LogP contribution in [0.5, 0.6) is 0 Å². The quantitative estimate of drug-likeness (QED) is 0.771. The highest BCUT2D eigenvalue weighted by Gasteiger charge is 2.31. The normalized spacial score (nSPS) is 17.9. The van der Waals surface area contributed by atoms with Crippen LogP contribution in [-0.4, -0.2) is 51.8 Å². The number of nitrogens with two attached hydrogens (primary N) is 1. The Balaban J connectivity index is 1.92.